The van der Waals surface area contributed by atoms with Gasteiger partial charge in [-0.2, -0.15) is 0 Å². The van der Waals surface area contributed by atoms with Crippen LogP contribution in [0.15, 0.2) is 4.99 Å². The van der Waals surface area contributed by atoms with E-state index in [9.17, 15) is 4.79 Å². The molecule has 3 N–H and O–H groups in total. The van der Waals surface area contributed by atoms with Crippen LogP contribution in [0, 0.1) is 5.41 Å². The van der Waals surface area contributed by atoms with Crippen molar-refractivity contribution < 1.29 is 14.3 Å². The number of nitrogens with one attached hydrogen (secondary N) is 1. The molecular formula is C17H33IN4O3. The summed E-state index contributed by atoms with van der Waals surface area (Å²) in [6.07, 6.45) is 2.34. The maximum atomic E-state index is 11.7. The number of guanidine groups is 1. The summed E-state index contributed by atoms with van der Waals surface area (Å²) in [6.45, 7) is 10.0. The average Bonchev–Trinajstić information content (AvgIpc) is 2.55. The fourth-order valence-corrected chi connectivity index (χ4v) is 3.50. The fraction of sp³-hybridized carbons (Fsp3) is 0.882. The number of methoxy groups -OCH3 is 1. The van der Waals surface area contributed by atoms with Gasteiger partial charge in [0.2, 0.25) is 0 Å². The Kier molecular flexibility index (Phi) is 7.79. The van der Waals surface area contributed by atoms with Gasteiger partial charge < -0.3 is 25.4 Å². The summed E-state index contributed by atoms with van der Waals surface area (Å²) in [7, 11) is 1.75. The van der Waals surface area contributed by atoms with E-state index in [0.717, 1.165) is 19.3 Å². The minimum atomic E-state index is -0.229. The van der Waals surface area contributed by atoms with Crippen molar-refractivity contribution in [1.29, 1.82) is 0 Å². The molecule has 146 valence electrons. The zero-order chi connectivity index (χ0) is 18.0. The van der Waals surface area contributed by atoms with Crippen LogP contribution in [0.3, 0.4) is 0 Å². The number of rotatable bonds is 4. The number of hydrogen-bond acceptors (Lipinski definition) is 4. The molecule has 2 fully saturated rings. The number of ether oxygens (including phenoxy) is 2. The van der Waals surface area contributed by atoms with Gasteiger partial charge in [-0.1, -0.05) is 13.8 Å². The highest BCUT2D eigenvalue weighted by Gasteiger charge is 2.58. The smallest absolute Gasteiger partial charge is 0.409 e. The molecule has 1 aliphatic carbocycles. The Bertz CT molecular complexity index is 492. The molecule has 1 saturated heterocycles. The molecule has 0 spiro atoms. The van der Waals surface area contributed by atoms with Crippen LogP contribution in [0.5, 0.6) is 0 Å². The van der Waals surface area contributed by atoms with Crippen LogP contribution in [0.4, 0.5) is 4.79 Å². The van der Waals surface area contributed by atoms with Crippen LogP contribution >= 0.6 is 24.0 Å². The Labute approximate surface area is 168 Å². The van der Waals surface area contributed by atoms with Crippen molar-refractivity contribution in [3.63, 3.8) is 0 Å². The quantitative estimate of drug-likeness (QED) is 0.376. The van der Waals surface area contributed by atoms with E-state index in [1.165, 1.54) is 0 Å². The Hall–Kier alpha value is -0.770. The predicted octanol–water partition coefficient (Wildman–Crippen LogP) is 2.33. The number of hydrogen-bond donors (Lipinski definition) is 2. The molecule has 1 aliphatic heterocycles. The minimum absolute atomic E-state index is 0. The van der Waals surface area contributed by atoms with Gasteiger partial charge in [0.15, 0.2) is 5.96 Å². The number of piperidine rings is 1. The largest absolute Gasteiger partial charge is 0.450 e. The molecule has 2 unspecified atom stereocenters. The van der Waals surface area contributed by atoms with Gasteiger partial charge in [0.25, 0.3) is 0 Å². The standard InChI is InChI=1S/C17H32N4O3.HI/c1-6-24-15(22)21-9-7-12(8-10-21)19-14(18)20-13-11-17(4,23-5)16(13,2)3;/h12-13H,6-11H2,1-5H3,(H3,18,19,20);1H. The number of halogens is 1. The normalized spacial score (nSPS) is 29.4. The Morgan fingerprint density at radius 1 is 1.32 bits per heavy atom. The summed E-state index contributed by atoms with van der Waals surface area (Å²) >= 11 is 0. The Morgan fingerprint density at radius 3 is 2.40 bits per heavy atom. The topological polar surface area (TPSA) is 89.2 Å². The van der Waals surface area contributed by atoms with Gasteiger partial charge in [-0.25, -0.2) is 9.79 Å². The van der Waals surface area contributed by atoms with E-state index in [-0.39, 0.29) is 53.2 Å². The minimum Gasteiger partial charge on any atom is -0.450 e. The van der Waals surface area contributed by atoms with Crippen molar-refractivity contribution in [3.05, 3.63) is 0 Å². The SMILES string of the molecule is CCOC(=O)N1CCC(NC(N)=NC2CC(C)(OC)C2(C)C)CC1.I. The number of aliphatic imine (C=N–C) groups is 1. The summed E-state index contributed by atoms with van der Waals surface area (Å²) < 4.78 is 10.7. The van der Waals surface area contributed by atoms with Crippen molar-refractivity contribution in [2.24, 2.45) is 16.1 Å². The number of nitrogens with two attached hydrogens (primary N) is 1. The molecule has 2 rings (SSSR count). The molecule has 1 amide bonds. The molecule has 2 atom stereocenters. The fourth-order valence-electron chi connectivity index (χ4n) is 3.50. The van der Waals surface area contributed by atoms with Crippen molar-refractivity contribution in [2.75, 3.05) is 26.8 Å². The zero-order valence-corrected chi connectivity index (χ0v) is 18.3. The number of amides is 1. The van der Waals surface area contributed by atoms with Crippen molar-refractivity contribution >= 4 is 36.0 Å². The number of likely N-dealkylation sites (tertiary alicyclic amines) is 1. The van der Waals surface area contributed by atoms with E-state index in [2.05, 4.69) is 31.1 Å². The van der Waals surface area contributed by atoms with Gasteiger partial charge in [0.1, 0.15) is 0 Å². The summed E-state index contributed by atoms with van der Waals surface area (Å²) in [5.41, 5.74) is 5.91. The molecule has 0 bridgehead atoms. The molecule has 0 aromatic carbocycles. The lowest BCUT2D eigenvalue weighted by Crippen LogP contribution is -2.63. The van der Waals surface area contributed by atoms with Gasteiger partial charge in [-0.05, 0) is 33.1 Å². The van der Waals surface area contributed by atoms with Gasteiger partial charge in [-0.15, -0.1) is 24.0 Å². The number of carbonyl (C=O) groups is 1. The second kappa shape index (κ2) is 8.75. The molecule has 7 nitrogen and oxygen atoms in total. The van der Waals surface area contributed by atoms with E-state index in [0.29, 0.717) is 25.7 Å². The lowest BCUT2D eigenvalue weighted by molar-refractivity contribution is -0.171. The zero-order valence-electron chi connectivity index (χ0n) is 16.0. The lowest BCUT2D eigenvalue weighted by Gasteiger charge is -2.57. The van der Waals surface area contributed by atoms with Crippen LogP contribution in [0.25, 0.3) is 0 Å². The molecule has 0 aromatic heterocycles. The maximum absolute atomic E-state index is 11.7. The molecular weight excluding hydrogens is 435 g/mol. The Morgan fingerprint density at radius 2 is 1.92 bits per heavy atom. The first kappa shape index (κ1) is 22.3. The first-order chi connectivity index (χ1) is 11.2. The number of nitrogens with zero attached hydrogens (tertiary/aromatic N) is 2. The van der Waals surface area contributed by atoms with Crippen LogP contribution in [-0.4, -0.2) is 61.4 Å². The molecule has 8 heteroatoms. The maximum Gasteiger partial charge on any atom is 0.409 e. The van der Waals surface area contributed by atoms with Gasteiger partial charge in [-0.3, -0.25) is 0 Å². The molecule has 1 heterocycles. The van der Waals surface area contributed by atoms with Crippen molar-refractivity contribution in [1.82, 2.24) is 10.2 Å². The number of carbonyl (C=O) groups excluding carboxylic acids is 1. The highest BCUT2D eigenvalue weighted by atomic mass is 127. The molecule has 1 saturated carbocycles. The third kappa shape index (κ3) is 4.69. The van der Waals surface area contributed by atoms with Crippen LogP contribution in [0.1, 0.15) is 47.0 Å². The summed E-state index contributed by atoms with van der Waals surface area (Å²) in [5.74, 6) is 0.487. The van der Waals surface area contributed by atoms with Crippen molar-refractivity contribution in [3.8, 4) is 0 Å². The van der Waals surface area contributed by atoms with Gasteiger partial charge in [0, 0.05) is 31.7 Å². The van der Waals surface area contributed by atoms with E-state index >= 15 is 0 Å². The highest BCUT2D eigenvalue weighted by Crippen LogP contribution is 2.53. The predicted molar refractivity (Wildman–Crippen MR) is 109 cm³/mol. The first-order valence-electron chi connectivity index (χ1n) is 8.80. The van der Waals surface area contributed by atoms with E-state index < -0.39 is 0 Å². The van der Waals surface area contributed by atoms with Crippen LogP contribution in [0.2, 0.25) is 0 Å². The molecule has 2 aliphatic rings. The van der Waals surface area contributed by atoms with Crippen LogP contribution in [-0.2, 0) is 9.47 Å². The third-order valence-electron chi connectivity index (χ3n) is 5.90. The second-order valence-corrected chi connectivity index (χ2v) is 7.50. The molecule has 0 aromatic rings. The Balaban J connectivity index is 0.00000312. The van der Waals surface area contributed by atoms with Crippen LogP contribution < -0.4 is 11.1 Å². The van der Waals surface area contributed by atoms with Gasteiger partial charge >= 0.3 is 6.09 Å². The molecule has 0 radical (unpaired) electrons. The summed E-state index contributed by atoms with van der Waals surface area (Å²) in [4.78, 5) is 18.1. The van der Waals surface area contributed by atoms with E-state index in [4.69, 9.17) is 15.2 Å². The van der Waals surface area contributed by atoms with E-state index in [1.807, 2.05) is 6.92 Å². The average molecular weight is 468 g/mol. The third-order valence-corrected chi connectivity index (χ3v) is 5.90. The van der Waals surface area contributed by atoms with E-state index in [1.54, 1.807) is 12.0 Å². The second-order valence-electron chi connectivity index (χ2n) is 7.50. The van der Waals surface area contributed by atoms with Gasteiger partial charge in [0.05, 0.1) is 18.2 Å². The van der Waals surface area contributed by atoms with Crippen molar-refractivity contribution in [2.45, 2.75) is 64.6 Å². The summed E-state index contributed by atoms with van der Waals surface area (Å²) in [6, 6.07) is 0.408. The lowest BCUT2D eigenvalue weighted by atomic mass is 9.56. The highest BCUT2D eigenvalue weighted by molar-refractivity contribution is 14.0. The monoisotopic (exact) mass is 468 g/mol. The first-order valence-corrected chi connectivity index (χ1v) is 8.80. The summed E-state index contributed by atoms with van der Waals surface area (Å²) in [5, 5.41) is 3.30. The molecule has 25 heavy (non-hydrogen) atoms.